The van der Waals surface area contributed by atoms with Crippen LogP contribution in [-0.4, -0.2) is 46.9 Å². The van der Waals surface area contributed by atoms with Crippen LogP contribution in [-0.2, 0) is 0 Å². The zero-order valence-corrected chi connectivity index (χ0v) is 16.3. The average molecular weight is 382 g/mol. The van der Waals surface area contributed by atoms with Crippen LogP contribution in [0.5, 0.6) is 0 Å². The Hall–Kier alpha value is -1.41. The standard InChI is InChI=1S/C17H21N5S.ClH.H2O/c1-10-16(23-11(2)20-10)14-8-13-15(21-14)9-19-17(3,22-13)12-4-6-18-7-5-12;;/h8-9,12,18H,4-7H2,1-3H3;1H;1H2. The molecule has 1 aromatic heterocycles. The fourth-order valence-corrected chi connectivity index (χ4v) is 4.40. The predicted octanol–water partition coefficient (Wildman–Crippen LogP) is 2.39. The summed E-state index contributed by atoms with van der Waals surface area (Å²) in [5.74, 6) is 0.499. The maximum Gasteiger partial charge on any atom is 0.151 e. The summed E-state index contributed by atoms with van der Waals surface area (Å²) >= 11 is 1.69. The Bertz CT molecular complexity index is 776. The minimum atomic E-state index is -0.346. The van der Waals surface area contributed by atoms with Crippen LogP contribution in [0.3, 0.4) is 0 Å². The molecular formula is C17H24ClN5OS. The summed E-state index contributed by atoms with van der Waals surface area (Å²) in [7, 11) is 0. The SMILES string of the molecule is Cc1nc(C)c(C2=CC3=NC(C)(C4CCNCC4)N=CC3=N2)s1.Cl.O. The molecule has 1 unspecified atom stereocenters. The Kier molecular flexibility index (Phi) is 5.93. The fourth-order valence-electron chi connectivity index (χ4n) is 3.52. The first kappa shape index (κ1) is 19.9. The van der Waals surface area contributed by atoms with E-state index < -0.39 is 0 Å². The molecule has 25 heavy (non-hydrogen) atoms. The molecule has 0 saturated carbocycles. The number of rotatable bonds is 2. The number of hydrogen-bond donors (Lipinski definition) is 1. The number of nitrogens with zero attached hydrogens (tertiary/aromatic N) is 4. The lowest BCUT2D eigenvalue weighted by Crippen LogP contribution is -2.42. The molecule has 0 radical (unpaired) electrons. The number of allylic oxidation sites excluding steroid dienone is 1. The van der Waals surface area contributed by atoms with E-state index in [4.69, 9.17) is 15.0 Å². The smallest absolute Gasteiger partial charge is 0.151 e. The number of piperidine rings is 1. The van der Waals surface area contributed by atoms with Gasteiger partial charge < -0.3 is 10.8 Å². The topological polar surface area (TPSA) is 93.5 Å². The maximum atomic E-state index is 4.98. The van der Waals surface area contributed by atoms with E-state index in [1.54, 1.807) is 11.3 Å². The van der Waals surface area contributed by atoms with E-state index in [1.807, 2.05) is 20.1 Å². The fraction of sp³-hybridized carbons (Fsp3) is 0.529. The highest BCUT2D eigenvalue weighted by Crippen LogP contribution is 2.35. The number of fused-ring (bicyclic) bond motifs is 1. The predicted molar refractivity (Wildman–Crippen MR) is 108 cm³/mol. The van der Waals surface area contributed by atoms with Crippen LogP contribution in [0, 0.1) is 19.8 Å². The van der Waals surface area contributed by atoms with E-state index in [1.165, 1.54) is 0 Å². The second kappa shape index (κ2) is 7.45. The Morgan fingerprint density at radius 1 is 1.20 bits per heavy atom. The van der Waals surface area contributed by atoms with Crippen molar-refractivity contribution in [2.75, 3.05) is 13.1 Å². The first-order valence-electron chi connectivity index (χ1n) is 8.16. The molecule has 4 rings (SSSR count). The molecular weight excluding hydrogens is 358 g/mol. The summed E-state index contributed by atoms with van der Waals surface area (Å²) in [4.78, 5) is 20.1. The summed E-state index contributed by atoms with van der Waals surface area (Å²) in [5, 5.41) is 4.49. The van der Waals surface area contributed by atoms with Gasteiger partial charge in [0.15, 0.2) is 5.66 Å². The van der Waals surface area contributed by atoms with Crippen molar-refractivity contribution in [1.29, 1.82) is 0 Å². The second-order valence-electron chi connectivity index (χ2n) is 6.55. The second-order valence-corrected chi connectivity index (χ2v) is 7.75. The van der Waals surface area contributed by atoms with Gasteiger partial charge in [0.05, 0.1) is 33.2 Å². The molecule has 3 N–H and O–H groups in total. The summed E-state index contributed by atoms with van der Waals surface area (Å²) in [6, 6.07) is 0. The third-order valence-corrected chi connectivity index (χ3v) is 5.92. The number of thiazole rings is 1. The molecule has 0 spiro atoms. The molecule has 3 aliphatic heterocycles. The third kappa shape index (κ3) is 3.60. The highest BCUT2D eigenvalue weighted by Gasteiger charge is 2.37. The molecule has 8 heteroatoms. The lowest BCUT2D eigenvalue weighted by Gasteiger charge is -2.35. The van der Waals surface area contributed by atoms with Crippen molar-refractivity contribution in [2.45, 2.75) is 39.3 Å². The van der Waals surface area contributed by atoms with Gasteiger partial charge in [-0.25, -0.2) is 9.98 Å². The Morgan fingerprint density at radius 2 is 1.92 bits per heavy atom. The van der Waals surface area contributed by atoms with Gasteiger partial charge in [-0.15, -0.1) is 23.7 Å². The van der Waals surface area contributed by atoms with Crippen molar-refractivity contribution in [3.05, 3.63) is 21.7 Å². The van der Waals surface area contributed by atoms with E-state index in [2.05, 4.69) is 23.3 Å². The quantitative estimate of drug-likeness (QED) is 0.851. The van der Waals surface area contributed by atoms with Gasteiger partial charge in [-0.1, -0.05) is 0 Å². The molecule has 0 amide bonds. The molecule has 6 nitrogen and oxygen atoms in total. The zero-order chi connectivity index (χ0) is 16.0. The van der Waals surface area contributed by atoms with Gasteiger partial charge in [-0.05, 0) is 52.8 Å². The van der Waals surface area contributed by atoms with Gasteiger partial charge in [0, 0.05) is 5.92 Å². The number of hydrogen-bond acceptors (Lipinski definition) is 6. The van der Waals surface area contributed by atoms with Crippen molar-refractivity contribution in [3.63, 3.8) is 0 Å². The lowest BCUT2D eigenvalue weighted by molar-refractivity contribution is 0.244. The molecule has 0 aromatic carbocycles. The van der Waals surface area contributed by atoms with Gasteiger partial charge in [-0.3, -0.25) is 9.98 Å². The molecule has 4 heterocycles. The largest absolute Gasteiger partial charge is 0.412 e. The molecule has 0 bridgehead atoms. The van der Waals surface area contributed by atoms with E-state index in [-0.39, 0.29) is 23.5 Å². The lowest BCUT2D eigenvalue weighted by atomic mass is 9.85. The maximum absolute atomic E-state index is 4.98. The van der Waals surface area contributed by atoms with Crippen LogP contribution in [0.15, 0.2) is 21.1 Å². The van der Waals surface area contributed by atoms with E-state index in [0.29, 0.717) is 5.92 Å². The van der Waals surface area contributed by atoms with E-state index in [9.17, 15) is 0 Å². The number of aryl methyl sites for hydroxylation is 2. The number of aliphatic imine (C=N–C) groups is 3. The molecule has 3 aliphatic rings. The summed E-state index contributed by atoms with van der Waals surface area (Å²) < 4.78 is 0. The Labute approximate surface area is 158 Å². The summed E-state index contributed by atoms with van der Waals surface area (Å²) in [6.45, 7) is 8.34. The van der Waals surface area contributed by atoms with Crippen LogP contribution in [0.4, 0.5) is 0 Å². The Balaban J connectivity index is 0.00000113. The van der Waals surface area contributed by atoms with Gasteiger partial charge in [0.2, 0.25) is 0 Å². The van der Waals surface area contributed by atoms with Gasteiger partial charge in [0.25, 0.3) is 0 Å². The normalized spacial score (nSPS) is 25.3. The third-order valence-electron chi connectivity index (χ3n) is 4.82. The van der Waals surface area contributed by atoms with Gasteiger partial charge in [0.1, 0.15) is 5.71 Å². The first-order chi connectivity index (χ1) is 11.0. The van der Waals surface area contributed by atoms with Crippen molar-refractivity contribution < 1.29 is 5.48 Å². The number of aromatic nitrogens is 1. The molecule has 0 aliphatic carbocycles. The molecule has 1 aromatic rings. The zero-order valence-electron chi connectivity index (χ0n) is 14.7. The molecule has 1 fully saturated rings. The van der Waals surface area contributed by atoms with Crippen LogP contribution in [0.25, 0.3) is 5.70 Å². The van der Waals surface area contributed by atoms with Crippen LogP contribution in [0.2, 0.25) is 0 Å². The average Bonchev–Trinajstić information content (AvgIpc) is 3.10. The number of nitrogens with one attached hydrogen (secondary N) is 1. The van der Waals surface area contributed by atoms with E-state index in [0.717, 1.165) is 58.6 Å². The number of halogens is 1. The van der Waals surface area contributed by atoms with E-state index >= 15 is 0 Å². The monoisotopic (exact) mass is 381 g/mol. The van der Waals surface area contributed by atoms with Crippen molar-refractivity contribution in [2.24, 2.45) is 20.9 Å². The summed E-state index contributed by atoms with van der Waals surface area (Å²) in [5.41, 5.74) is 3.53. The minimum Gasteiger partial charge on any atom is -0.412 e. The van der Waals surface area contributed by atoms with Crippen LogP contribution < -0.4 is 5.32 Å². The molecule has 136 valence electrons. The first-order valence-corrected chi connectivity index (χ1v) is 8.98. The highest BCUT2D eigenvalue weighted by atomic mass is 35.5. The molecule has 1 saturated heterocycles. The van der Waals surface area contributed by atoms with Crippen molar-refractivity contribution >= 4 is 47.1 Å². The Morgan fingerprint density at radius 3 is 2.56 bits per heavy atom. The molecule has 1 atom stereocenters. The highest BCUT2D eigenvalue weighted by molar-refractivity contribution is 7.12. The van der Waals surface area contributed by atoms with Crippen LogP contribution in [0.1, 0.15) is 35.3 Å². The minimum absolute atomic E-state index is 0. The van der Waals surface area contributed by atoms with Crippen molar-refractivity contribution in [1.82, 2.24) is 10.3 Å². The summed E-state index contributed by atoms with van der Waals surface area (Å²) in [6.07, 6.45) is 6.26. The van der Waals surface area contributed by atoms with Gasteiger partial charge >= 0.3 is 0 Å². The van der Waals surface area contributed by atoms with Crippen molar-refractivity contribution in [3.8, 4) is 0 Å². The van der Waals surface area contributed by atoms with Crippen LogP contribution >= 0.6 is 23.7 Å². The van der Waals surface area contributed by atoms with Gasteiger partial charge in [-0.2, -0.15) is 0 Å².